The van der Waals surface area contributed by atoms with Crippen LogP contribution in [-0.4, -0.2) is 53.3 Å². The number of hydrogen-bond donors (Lipinski definition) is 3. The maximum Gasteiger partial charge on any atom is 0.317 e. The van der Waals surface area contributed by atoms with E-state index in [9.17, 15) is 4.79 Å². The monoisotopic (exact) mass is 369 g/mol. The van der Waals surface area contributed by atoms with Crippen LogP contribution < -0.4 is 5.32 Å². The van der Waals surface area contributed by atoms with Gasteiger partial charge in [-0.3, -0.25) is 15.2 Å². The van der Waals surface area contributed by atoms with E-state index in [1.165, 1.54) is 0 Å². The van der Waals surface area contributed by atoms with Gasteiger partial charge in [-0.15, -0.1) is 0 Å². The van der Waals surface area contributed by atoms with Crippen molar-refractivity contribution in [3.63, 3.8) is 0 Å². The predicted molar refractivity (Wildman–Crippen MR) is 98.4 cm³/mol. The summed E-state index contributed by atoms with van der Waals surface area (Å²) in [6.07, 6.45) is 4.73. The van der Waals surface area contributed by atoms with E-state index < -0.39 is 0 Å². The van der Waals surface area contributed by atoms with Gasteiger partial charge in [-0.25, -0.2) is 14.8 Å². The van der Waals surface area contributed by atoms with Gasteiger partial charge < -0.3 is 10.2 Å². The number of hydrogen-bond acceptors (Lipinski definition) is 6. The molecule has 27 heavy (non-hydrogen) atoms. The molecular formula is C17H23N9O. The van der Waals surface area contributed by atoms with Gasteiger partial charge in [0.25, 0.3) is 0 Å². The smallest absolute Gasteiger partial charge is 0.317 e. The lowest BCUT2D eigenvalue weighted by Gasteiger charge is -2.16. The van der Waals surface area contributed by atoms with E-state index in [2.05, 4.69) is 61.4 Å². The molecule has 3 aromatic heterocycles. The maximum absolute atomic E-state index is 12.3. The SMILES string of the molecule is CN(Cc1cc(C(C)(C)C)n[nH]1)C(=O)NCc1nc(-c2cnccn2)n[nH]1. The first-order chi connectivity index (χ1) is 12.8. The minimum atomic E-state index is -0.223. The summed E-state index contributed by atoms with van der Waals surface area (Å²) in [7, 11) is 1.72. The Morgan fingerprint density at radius 2 is 2.04 bits per heavy atom. The number of amides is 2. The van der Waals surface area contributed by atoms with Gasteiger partial charge in [-0.05, 0) is 6.07 Å². The molecule has 0 spiro atoms. The fourth-order valence-corrected chi connectivity index (χ4v) is 2.35. The molecule has 0 aliphatic heterocycles. The van der Waals surface area contributed by atoms with Crippen molar-refractivity contribution in [3.8, 4) is 11.5 Å². The second kappa shape index (κ2) is 7.52. The molecule has 3 aromatic rings. The Labute approximate surface area is 156 Å². The Hall–Kier alpha value is -3.30. The van der Waals surface area contributed by atoms with Crippen molar-refractivity contribution in [3.05, 3.63) is 41.9 Å². The van der Waals surface area contributed by atoms with Crippen LogP contribution in [0.5, 0.6) is 0 Å². The number of aromatic nitrogens is 7. The van der Waals surface area contributed by atoms with Gasteiger partial charge in [-0.1, -0.05) is 20.8 Å². The minimum absolute atomic E-state index is 0.0390. The zero-order valence-corrected chi connectivity index (χ0v) is 15.8. The number of aromatic amines is 2. The van der Waals surface area contributed by atoms with Crippen molar-refractivity contribution in [2.45, 2.75) is 39.3 Å². The van der Waals surface area contributed by atoms with Gasteiger partial charge >= 0.3 is 6.03 Å². The van der Waals surface area contributed by atoms with Crippen molar-refractivity contribution in [2.24, 2.45) is 0 Å². The molecule has 0 atom stereocenters. The summed E-state index contributed by atoms with van der Waals surface area (Å²) in [6, 6.07) is 1.76. The van der Waals surface area contributed by atoms with E-state index in [1.807, 2.05) is 6.07 Å². The molecule has 0 radical (unpaired) electrons. The van der Waals surface area contributed by atoms with Crippen molar-refractivity contribution in [1.29, 1.82) is 0 Å². The Balaban J connectivity index is 1.53. The van der Waals surface area contributed by atoms with Gasteiger partial charge in [-0.2, -0.15) is 10.2 Å². The molecule has 142 valence electrons. The molecule has 0 bridgehead atoms. The Bertz CT molecular complexity index is 895. The first-order valence-corrected chi connectivity index (χ1v) is 8.54. The maximum atomic E-state index is 12.3. The van der Waals surface area contributed by atoms with Crippen LogP contribution in [0.2, 0.25) is 0 Å². The lowest BCUT2D eigenvalue weighted by atomic mass is 9.92. The number of urea groups is 1. The molecule has 2 amide bonds. The van der Waals surface area contributed by atoms with Gasteiger partial charge in [0, 0.05) is 24.9 Å². The molecule has 3 N–H and O–H groups in total. The van der Waals surface area contributed by atoms with Crippen LogP contribution in [0.1, 0.15) is 38.0 Å². The van der Waals surface area contributed by atoms with E-state index >= 15 is 0 Å². The third-order valence-corrected chi connectivity index (χ3v) is 3.88. The van der Waals surface area contributed by atoms with Crippen molar-refractivity contribution >= 4 is 6.03 Å². The summed E-state index contributed by atoms with van der Waals surface area (Å²) in [4.78, 5) is 26.3. The molecule has 0 aliphatic carbocycles. The van der Waals surface area contributed by atoms with E-state index in [-0.39, 0.29) is 18.0 Å². The molecular weight excluding hydrogens is 346 g/mol. The van der Waals surface area contributed by atoms with Crippen LogP contribution in [0.3, 0.4) is 0 Å². The first kappa shape index (κ1) is 18.5. The number of nitrogens with one attached hydrogen (secondary N) is 3. The summed E-state index contributed by atoms with van der Waals surface area (Å²) in [5, 5.41) is 17.0. The zero-order chi connectivity index (χ0) is 19.4. The summed E-state index contributed by atoms with van der Waals surface area (Å²) < 4.78 is 0. The molecule has 10 nitrogen and oxygen atoms in total. The van der Waals surface area contributed by atoms with Crippen LogP contribution in [0, 0.1) is 0 Å². The molecule has 0 saturated heterocycles. The number of carbonyl (C=O) groups excluding carboxylic acids is 1. The predicted octanol–water partition coefficient (Wildman–Crippen LogP) is 1.62. The van der Waals surface area contributed by atoms with Crippen LogP contribution in [0.25, 0.3) is 11.5 Å². The number of nitrogens with zero attached hydrogens (tertiary/aromatic N) is 6. The second-order valence-electron chi connectivity index (χ2n) is 7.24. The lowest BCUT2D eigenvalue weighted by molar-refractivity contribution is 0.205. The fraction of sp³-hybridized carbons (Fsp3) is 0.412. The van der Waals surface area contributed by atoms with E-state index in [1.54, 1.807) is 30.5 Å². The largest absolute Gasteiger partial charge is 0.331 e. The summed E-state index contributed by atoms with van der Waals surface area (Å²) in [6.45, 7) is 6.94. The standard InChI is InChI=1S/C17H23N9O/c1-17(2,3)13-7-11(22-23-13)10-26(4)16(27)20-9-14-21-15(25-24-14)12-8-18-5-6-19-12/h5-8H,9-10H2,1-4H3,(H,20,27)(H,22,23)(H,21,24,25). The fourth-order valence-electron chi connectivity index (χ4n) is 2.35. The van der Waals surface area contributed by atoms with Gasteiger partial charge in [0.2, 0.25) is 5.82 Å². The van der Waals surface area contributed by atoms with Crippen LogP contribution in [0.4, 0.5) is 4.79 Å². The number of carbonyl (C=O) groups is 1. The Morgan fingerprint density at radius 1 is 1.22 bits per heavy atom. The molecule has 3 rings (SSSR count). The highest BCUT2D eigenvalue weighted by atomic mass is 16.2. The summed E-state index contributed by atoms with van der Waals surface area (Å²) in [5.41, 5.74) is 2.37. The normalized spacial score (nSPS) is 11.4. The van der Waals surface area contributed by atoms with Crippen LogP contribution >= 0.6 is 0 Å². The molecule has 0 saturated carbocycles. The van der Waals surface area contributed by atoms with Crippen LogP contribution in [-0.2, 0) is 18.5 Å². The highest BCUT2D eigenvalue weighted by molar-refractivity contribution is 5.73. The highest BCUT2D eigenvalue weighted by Gasteiger charge is 2.18. The number of H-pyrrole nitrogens is 2. The van der Waals surface area contributed by atoms with E-state index in [0.717, 1.165) is 11.4 Å². The minimum Gasteiger partial charge on any atom is -0.331 e. The van der Waals surface area contributed by atoms with Gasteiger partial charge in [0.15, 0.2) is 0 Å². The third kappa shape index (κ3) is 4.66. The van der Waals surface area contributed by atoms with Crippen molar-refractivity contribution in [2.75, 3.05) is 7.05 Å². The molecule has 0 aromatic carbocycles. The molecule has 0 unspecified atom stereocenters. The average Bonchev–Trinajstić information content (AvgIpc) is 3.29. The Morgan fingerprint density at radius 3 is 2.70 bits per heavy atom. The molecule has 0 fully saturated rings. The Kier molecular flexibility index (Phi) is 5.15. The van der Waals surface area contributed by atoms with Crippen molar-refractivity contribution < 1.29 is 4.79 Å². The van der Waals surface area contributed by atoms with Gasteiger partial charge in [0.1, 0.15) is 11.5 Å². The summed E-state index contributed by atoms with van der Waals surface area (Å²) in [5.74, 6) is 0.974. The topological polar surface area (TPSA) is 128 Å². The molecule has 10 heteroatoms. The number of rotatable bonds is 5. The molecule has 0 aliphatic rings. The van der Waals surface area contributed by atoms with E-state index in [4.69, 9.17) is 0 Å². The summed E-state index contributed by atoms with van der Waals surface area (Å²) >= 11 is 0. The van der Waals surface area contributed by atoms with E-state index in [0.29, 0.717) is 23.9 Å². The van der Waals surface area contributed by atoms with Crippen LogP contribution in [0.15, 0.2) is 24.7 Å². The second-order valence-corrected chi connectivity index (χ2v) is 7.24. The third-order valence-electron chi connectivity index (χ3n) is 3.88. The lowest BCUT2D eigenvalue weighted by Crippen LogP contribution is -2.36. The quantitative estimate of drug-likeness (QED) is 0.627. The van der Waals surface area contributed by atoms with Crippen molar-refractivity contribution in [1.82, 2.24) is 45.6 Å². The highest BCUT2D eigenvalue weighted by Crippen LogP contribution is 2.20. The zero-order valence-electron chi connectivity index (χ0n) is 15.8. The van der Waals surface area contributed by atoms with Gasteiger partial charge in [0.05, 0.1) is 30.7 Å². The average molecular weight is 369 g/mol. The first-order valence-electron chi connectivity index (χ1n) is 8.54. The molecule has 3 heterocycles.